The Bertz CT molecular complexity index is 300. The summed E-state index contributed by atoms with van der Waals surface area (Å²) in [7, 11) is 0. The molecule has 0 heterocycles. The molecule has 0 aromatic carbocycles. The molecule has 1 aliphatic rings. The van der Waals surface area contributed by atoms with Crippen LogP contribution in [0, 0.1) is 5.92 Å². The zero-order chi connectivity index (χ0) is 13.5. The number of thiol groups is 1. The molecule has 1 rings (SSSR count). The molecule has 0 saturated heterocycles. The fourth-order valence-electron chi connectivity index (χ4n) is 2.31. The number of nitrogens with zero attached hydrogens (tertiary/aromatic N) is 1. The fraction of sp³-hybridized carbons (Fsp3) is 0.714. The van der Waals surface area contributed by atoms with Gasteiger partial charge in [0, 0.05) is 43.1 Å². The van der Waals surface area contributed by atoms with Crippen molar-refractivity contribution in [2.24, 2.45) is 11.7 Å². The van der Waals surface area contributed by atoms with E-state index in [-0.39, 0.29) is 18.1 Å². The molecular formula is C14H26N2OS. The Morgan fingerprint density at radius 2 is 2.06 bits per heavy atom. The van der Waals surface area contributed by atoms with Gasteiger partial charge >= 0.3 is 0 Å². The average Bonchev–Trinajstić information content (AvgIpc) is 2.40. The van der Waals surface area contributed by atoms with Crippen LogP contribution in [0.25, 0.3) is 0 Å². The standard InChI is InChI=1S/C14H26N2OS/c1-4-16(5-2)11-7-8-12(13(15)10-18)14(9-11)17-6-3/h7-9,12-14,18H,4-6,10,15H2,1-3H3. The smallest absolute Gasteiger partial charge is 0.0856 e. The quantitative estimate of drug-likeness (QED) is 0.696. The van der Waals surface area contributed by atoms with Gasteiger partial charge in [0.1, 0.15) is 0 Å². The maximum absolute atomic E-state index is 6.10. The third-order valence-electron chi connectivity index (χ3n) is 3.40. The van der Waals surface area contributed by atoms with Crippen molar-refractivity contribution in [1.29, 1.82) is 0 Å². The zero-order valence-corrected chi connectivity index (χ0v) is 12.6. The lowest BCUT2D eigenvalue weighted by molar-refractivity contribution is 0.0591. The van der Waals surface area contributed by atoms with Gasteiger partial charge in [-0.05, 0) is 32.9 Å². The molecule has 0 spiro atoms. The average molecular weight is 270 g/mol. The molecule has 3 atom stereocenters. The van der Waals surface area contributed by atoms with Crippen LogP contribution in [-0.4, -0.2) is 42.5 Å². The summed E-state index contributed by atoms with van der Waals surface area (Å²) >= 11 is 4.29. The summed E-state index contributed by atoms with van der Waals surface area (Å²) in [5.41, 5.74) is 7.34. The molecule has 4 heteroatoms. The van der Waals surface area contributed by atoms with Gasteiger partial charge in [-0.25, -0.2) is 0 Å². The van der Waals surface area contributed by atoms with E-state index in [1.165, 1.54) is 5.70 Å². The third-order valence-corrected chi connectivity index (χ3v) is 3.82. The molecule has 1 aliphatic carbocycles. The highest BCUT2D eigenvalue weighted by molar-refractivity contribution is 7.80. The highest BCUT2D eigenvalue weighted by Crippen LogP contribution is 2.24. The van der Waals surface area contributed by atoms with Crippen molar-refractivity contribution >= 4 is 12.6 Å². The molecule has 0 fully saturated rings. The van der Waals surface area contributed by atoms with Crippen molar-refractivity contribution < 1.29 is 4.74 Å². The molecule has 0 aromatic heterocycles. The van der Waals surface area contributed by atoms with E-state index in [1.54, 1.807) is 0 Å². The van der Waals surface area contributed by atoms with Gasteiger partial charge in [0.15, 0.2) is 0 Å². The van der Waals surface area contributed by atoms with E-state index in [0.717, 1.165) is 13.1 Å². The first kappa shape index (κ1) is 15.6. The van der Waals surface area contributed by atoms with Gasteiger partial charge in [-0.1, -0.05) is 6.08 Å². The molecule has 0 bridgehead atoms. The fourth-order valence-corrected chi connectivity index (χ4v) is 2.56. The number of rotatable bonds is 7. The van der Waals surface area contributed by atoms with Crippen LogP contribution in [0.1, 0.15) is 20.8 Å². The summed E-state index contributed by atoms with van der Waals surface area (Å²) < 4.78 is 5.82. The van der Waals surface area contributed by atoms with Crippen LogP contribution < -0.4 is 5.73 Å². The normalized spacial score (nSPS) is 24.8. The molecule has 3 nitrogen and oxygen atoms in total. The number of likely N-dealkylation sites (N-methyl/N-ethyl adjacent to an activating group) is 1. The minimum atomic E-state index is 0.0376. The second-order valence-corrected chi connectivity index (χ2v) is 4.83. The maximum Gasteiger partial charge on any atom is 0.0856 e. The van der Waals surface area contributed by atoms with E-state index in [0.29, 0.717) is 12.4 Å². The molecule has 3 unspecified atom stereocenters. The third kappa shape index (κ3) is 3.77. The molecule has 0 saturated carbocycles. The lowest BCUT2D eigenvalue weighted by Crippen LogP contribution is -2.41. The SMILES string of the molecule is CCOC1C=C(N(CC)CC)C=CC1C(N)CS. The lowest BCUT2D eigenvalue weighted by Gasteiger charge is -2.33. The van der Waals surface area contributed by atoms with E-state index in [4.69, 9.17) is 10.5 Å². The molecule has 2 N–H and O–H groups in total. The van der Waals surface area contributed by atoms with Crippen molar-refractivity contribution in [2.45, 2.75) is 32.9 Å². The van der Waals surface area contributed by atoms with E-state index < -0.39 is 0 Å². The Morgan fingerprint density at radius 3 is 2.56 bits per heavy atom. The lowest BCUT2D eigenvalue weighted by atomic mass is 9.90. The Balaban J connectivity index is 2.84. The Morgan fingerprint density at radius 1 is 1.39 bits per heavy atom. The van der Waals surface area contributed by atoms with Gasteiger partial charge in [-0.3, -0.25) is 0 Å². The first-order chi connectivity index (χ1) is 8.67. The van der Waals surface area contributed by atoms with Crippen LogP contribution in [0.3, 0.4) is 0 Å². The highest BCUT2D eigenvalue weighted by atomic mass is 32.1. The van der Waals surface area contributed by atoms with E-state index in [1.807, 2.05) is 6.92 Å². The van der Waals surface area contributed by atoms with E-state index in [9.17, 15) is 0 Å². The van der Waals surface area contributed by atoms with Crippen molar-refractivity contribution in [1.82, 2.24) is 4.90 Å². The van der Waals surface area contributed by atoms with Gasteiger partial charge in [-0.2, -0.15) is 12.6 Å². The van der Waals surface area contributed by atoms with Crippen LogP contribution in [0.4, 0.5) is 0 Å². The van der Waals surface area contributed by atoms with Crippen LogP contribution >= 0.6 is 12.6 Å². The Kier molecular flexibility index (Phi) is 6.82. The molecule has 0 aliphatic heterocycles. The van der Waals surface area contributed by atoms with Crippen LogP contribution in [0.2, 0.25) is 0 Å². The second kappa shape index (κ2) is 7.87. The zero-order valence-electron chi connectivity index (χ0n) is 11.7. The maximum atomic E-state index is 6.10. The number of hydrogen-bond acceptors (Lipinski definition) is 4. The van der Waals surface area contributed by atoms with Crippen molar-refractivity contribution in [3.05, 3.63) is 23.9 Å². The first-order valence-corrected chi connectivity index (χ1v) is 7.44. The van der Waals surface area contributed by atoms with Crippen molar-refractivity contribution in [3.63, 3.8) is 0 Å². The minimum Gasteiger partial charge on any atom is -0.374 e. The number of ether oxygens (including phenoxy) is 1. The van der Waals surface area contributed by atoms with Crippen LogP contribution in [0.15, 0.2) is 23.9 Å². The molecular weight excluding hydrogens is 244 g/mol. The second-order valence-electron chi connectivity index (χ2n) is 4.47. The molecule has 0 aromatic rings. The van der Waals surface area contributed by atoms with Gasteiger partial charge in [0.2, 0.25) is 0 Å². The predicted molar refractivity (Wildman–Crippen MR) is 80.9 cm³/mol. The Labute approximate surface area is 116 Å². The number of hydrogen-bond donors (Lipinski definition) is 2. The van der Waals surface area contributed by atoms with Crippen molar-refractivity contribution in [2.75, 3.05) is 25.4 Å². The predicted octanol–water partition coefficient (Wildman–Crippen LogP) is 2.06. The first-order valence-electron chi connectivity index (χ1n) is 6.80. The molecule has 104 valence electrons. The summed E-state index contributed by atoms with van der Waals surface area (Å²) in [5, 5.41) is 0. The molecule has 0 radical (unpaired) electrons. The highest BCUT2D eigenvalue weighted by Gasteiger charge is 2.27. The van der Waals surface area contributed by atoms with Gasteiger partial charge < -0.3 is 15.4 Å². The molecule has 0 amide bonds. The summed E-state index contributed by atoms with van der Waals surface area (Å²) in [6.07, 6.45) is 6.60. The van der Waals surface area contributed by atoms with Gasteiger partial charge in [-0.15, -0.1) is 0 Å². The summed E-state index contributed by atoms with van der Waals surface area (Å²) in [4.78, 5) is 2.32. The summed E-state index contributed by atoms with van der Waals surface area (Å²) in [6, 6.07) is 0.0376. The minimum absolute atomic E-state index is 0.0376. The van der Waals surface area contributed by atoms with E-state index in [2.05, 4.69) is 49.6 Å². The summed E-state index contributed by atoms with van der Waals surface area (Å²) in [6.45, 7) is 9.07. The van der Waals surface area contributed by atoms with Crippen LogP contribution in [0.5, 0.6) is 0 Å². The summed E-state index contributed by atoms with van der Waals surface area (Å²) in [5.74, 6) is 0.897. The molecule has 18 heavy (non-hydrogen) atoms. The van der Waals surface area contributed by atoms with E-state index >= 15 is 0 Å². The van der Waals surface area contributed by atoms with Crippen molar-refractivity contribution in [3.8, 4) is 0 Å². The largest absolute Gasteiger partial charge is 0.374 e. The Hall–Kier alpha value is -0.450. The van der Waals surface area contributed by atoms with Gasteiger partial charge in [0.05, 0.1) is 6.10 Å². The van der Waals surface area contributed by atoms with Gasteiger partial charge in [0.25, 0.3) is 0 Å². The topological polar surface area (TPSA) is 38.5 Å². The van der Waals surface area contributed by atoms with Crippen LogP contribution in [-0.2, 0) is 4.74 Å². The number of nitrogens with two attached hydrogens (primary N) is 1. The number of allylic oxidation sites excluding steroid dienone is 1. The monoisotopic (exact) mass is 270 g/mol.